The largest absolute Gasteiger partial charge is 0.371 e. The Morgan fingerprint density at radius 3 is 2.79 bits per heavy atom. The van der Waals surface area contributed by atoms with Gasteiger partial charge in [-0.3, -0.25) is 0 Å². The summed E-state index contributed by atoms with van der Waals surface area (Å²) in [5, 5.41) is 3.44. The zero-order chi connectivity index (χ0) is 13.8. The lowest BCUT2D eigenvalue weighted by atomic mass is 9.88. The van der Waals surface area contributed by atoms with Crippen LogP contribution in [0.2, 0.25) is 0 Å². The zero-order valence-electron chi connectivity index (χ0n) is 12.2. The minimum Gasteiger partial charge on any atom is -0.371 e. The zero-order valence-corrected chi connectivity index (χ0v) is 13.8. The molecule has 3 heteroatoms. The molecule has 1 aromatic rings. The summed E-state index contributed by atoms with van der Waals surface area (Å²) in [7, 11) is 0. The Morgan fingerprint density at radius 2 is 2.11 bits per heavy atom. The molecule has 1 fully saturated rings. The van der Waals surface area contributed by atoms with E-state index in [1.165, 1.54) is 35.2 Å². The van der Waals surface area contributed by atoms with Gasteiger partial charge in [-0.1, -0.05) is 42.8 Å². The molecule has 2 atom stereocenters. The van der Waals surface area contributed by atoms with Crippen molar-refractivity contribution in [2.75, 3.05) is 24.5 Å². The number of rotatable bonds is 4. The molecule has 1 aromatic carbocycles. The maximum Gasteiger partial charge on any atom is 0.0423 e. The van der Waals surface area contributed by atoms with E-state index in [0.29, 0.717) is 0 Å². The molecule has 19 heavy (non-hydrogen) atoms. The smallest absolute Gasteiger partial charge is 0.0423 e. The van der Waals surface area contributed by atoms with Crippen molar-refractivity contribution in [2.24, 2.45) is 11.8 Å². The summed E-state index contributed by atoms with van der Waals surface area (Å²) in [5.41, 5.74) is 2.81. The SMILES string of the molecule is CCNCc1ccc(Br)cc1N1CCC(C)C(C)C1. The van der Waals surface area contributed by atoms with Crippen LogP contribution in [0.5, 0.6) is 0 Å². The average molecular weight is 325 g/mol. The van der Waals surface area contributed by atoms with Crippen LogP contribution in [0.3, 0.4) is 0 Å². The number of anilines is 1. The molecule has 0 aliphatic carbocycles. The molecule has 106 valence electrons. The second kappa shape index (κ2) is 6.76. The lowest BCUT2D eigenvalue weighted by molar-refractivity contribution is 0.323. The Balaban J connectivity index is 2.19. The van der Waals surface area contributed by atoms with Crippen molar-refractivity contribution in [1.82, 2.24) is 5.32 Å². The van der Waals surface area contributed by atoms with Gasteiger partial charge in [-0.25, -0.2) is 0 Å². The van der Waals surface area contributed by atoms with E-state index in [2.05, 4.69) is 65.1 Å². The Hall–Kier alpha value is -0.540. The van der Waals surface area contributed by atoms with E-state index in [1.807, 2.05) is 0 Å². The molecule has 0 amide bonds. The quantitative estimate of drug-likeness (QED) is 0.899. The summed E-state index contributed by atoms with van der Waals surface area (Å²) >= 11 is 3.61. The third kappa shape index (κ3) is 3.73. The molecule has 2 rings (SSSR count). The lowest BCUT2D eigenvalue weighted by Crippen LogP contribution is -2.39. The van der Waals surface area contributed by atoms with Gasteiger partial charge in [0.15, 0.2) is 0 Å². The summed E-state index contributed by atoms with van der Waals surface area (Å²) in [6.45, 7) is 11.2. The first-order chi connectivity index (χ1) is 9.11. The van der Waals surface area contributed by atoms with Gasteiger partial charge in [0.05, 0.1) is 0 Å². The number of halogens is 1. The predicted octanol–water partition coefficient (Wildman–Crippen LogP) is 4.04. The fourth-order valence-corrected chi connectivity index (χ4v) is 3.07. The lowest BCUT2D eigenvalue weighted by Gasteiger charge is -2.38. The minimum atomic E-state index is 0.778. The number of piperidine rings is 1. The van der Waals surface area contributed by atoms with Gasteiger partial charge in [0, 0.05) is 29.8 Å². The van der Waals surface area contributed by atoms with Gasteiger partial charge in [0.25, 0.3) is 0 Å². The van der Waals surface area contributed by atoms with Gasteiger partial charge in [0.2, 0.25) is 0 Å². The van der Waals surface area contributed by atoms with Crippen LogP contribution >= 0.6 is 15.9 Å². The highest BCUT2D eigenvalue weighted by Crippen LogP contribution is 2.31. The van der Waals surface area contributed by atoms with Crippen LogP contribution in [0.1, 0.15) is 32.8 Å². The maximum atomic E-state index is 3.61. The molecule has 1 aliphatic heterocycles. The molecule has 0 bridgehead atoms. The fourth-order valence-electron chi connectivity index (χ4n) is 2.72. The topological polar surface area (TPSA) is 15.3 Å². The average Bonchev–Trinajstić information content (AvgIpc) is 2.40. The van der Waals surface area contributed by atoms with E-state index in [1.54, 1.807) is 0 Å². The number of hydrogen-bond acceptors (Lipinski definition) is 2. The second-order valence-electron chi connectivity index (χ2n) is 5.74. The number of nitrogens with zero attached hydrogens (tertiary/aromatic N) is 1. The van der Waals surface area contributed by atoms with E-state index < -0.39 is 0 Å². The van der Waals surface area contributed by atoms with E-state index in [9.17, 15) is 0 Å². The number of hydrogen-bond donors (Lipinski definition) is 1. The summed E-state index contributed by atoms with van der Waals surface area (Å²) in [5.74, 6) is 1.63. The molecule has 1 heterocycles. The molecule has 0 saturated carbocycles. The van der Waals surface area contributed by atoms with Crippen molar-refractivity contribution in [3.8, 4) is 0 Å². The van der Waals surface area contributed by atoms with Gasteiger partial charge in [0.1, 0.15) is 0 Å². The van der Waals surface area contributed by atoms with Crippen molar-refractivity contribution >= 4 is 21.6 Å². The third-order valence-corrected chi connectivity index (χ3v) is 4.78. The summed E-state index contributed by atoms with van der Waals surface area (Å²) < 4.78 is 1.18. The van der Waals surface area contributed by atoms with Gasteiger partial charge >= 0.3 is 0 Å². The monoisotopic (exact) mass is 324 g/mol. The molecule has 2 nitrogen and oxygen atoms in total. The Kier molecular flexibility index (Phi) is 5.28. The fraction of sp³-hybridized carbons (Fsp3) is 0.625. The maximum absolute atomic E-state index is 3.61. The van der Waals surface area contributed by atoms with Crippen molar-refractivity contribution in [1.29, 1.82) is 0 Å². The van der Waals surface area contributed by atoms with Crippen molar-refractivity contribution < 1.29 is 0 Å². The molecule has 1 saturated heterocycles. The minimum absolute atomic E-state index is 0.778. The van der Waals surface area contributed by atoms with Crippen LogP contribution in [0.4, 0.5) is 5.69 Å². The highest BCUT2D eigenvalue weighted by atomic mass is 79.9. The normalized spacial score (nSPS) is 23.7. The van der Waals surface area contributed by atoms with E-state index in [4.69, 9.17) is 0 Å². The first kappa shape index (κ1) is 14.9. The van der Waals surface area contributed by atoms with Gasteiger partial charge < -0.3 is 10.2 Å². The molecule has 1 N–H and O–H groups in total. The Bertz CT molecular complexity index is 419. The van der Waals surface area contributed by atoms with Crippen LogP contribution in [0.25, 0.3) is 0 Å². The van der Waals surface area contributed by atoms with Crippen molar-refractivity contribution in [2.45, 2.75) is 33.7 Å². The first-order valence-electron chi connectivity index (χ1n) is 7.36. The molecular formula is C16H25BrN2. The van der Waals surface area contributed by atoms with Crippen LogP contribution in [0.15, 0.2) is 22.7 Å². The second-order valence-corrected chi connectivity index (χ2v) is 6.66. The Labute approximate surface area is 125 Å². The summed E-state index contributed by atoms with van der Waals surface area (Å²) in [6.07, 6.45) is 1.30. The van der Waals surface area contributed by atoms with Crippen LogP contribution in [-0.2, 0) is 6.54 Å². The van der Waals surface area contributed by atoms with Gasteiger partial charge in [-0.2, -0.15) is 0 Å². The van der Waals surface area contributed by atoms with E-state index in [-0.39, 0.29) is 0 Å². The summed E-state index contributed by atoms with van der Waals surface area (Å²) in [6, 6.07) is 6.66. The number of benzene rings is 1. The van der Waals surface area contributed by atoms with E-state index >= 15 is 0 Å². The first-order valence-corrected chi connectivity index (χ1v) is 8.15. The molecule has 2 unspecified atom stereocenters. The highest BCUT2D eigenvalue weighted by molar-refractivity contribution is 9.10. The molecule has 1 aliphatic rings. The number of nitrogens with one attached hydrogen (secondary N) is 1. The van der Waals surface area contributed by atoms with Crippen LogP contribution < -0.4 is 10.2 Å². The standard InChI is InChI=1S/C16H25BrN2/c1-4-18-10-14-5-6-15(17)9-16(14)19-8-7-12(2)13(3)11-19/h5-6,9,12-13,18H,4,7-8,10-11H2,1-3H3. The highest BCUT2D eigenvalue weighted by Gasteiger charge is 2.24. The molecular weight excluding hydrogens is 300 g/mol. The van der Waals surface area contributed by atoms with Crippen LogP contribution in [0, 0.1) is 11.8 Å². The van der Waals surface area contributed by atoms with Gasteiger partial charge in [-0.15, -0.1) is 0 Å². The third-order valence-electron chi connectivity index (χ3n) is 4.29. The molecule has 0 spiro atoms. The predicted molar refractivity (Wildman–Crippen MR) is 86.7 cm³/mol. The summed E-state index contributed by atoms with van der Waals surface area (Å²) in [4.78, 5) is 2.56. The Morgan fingerprint density at radius 1 is 1.32 bits per heavy atom. The molecule has 0 radical (unpaired) electrons. The van der Waals surface area contributed by atoms with Crippen molar-refractivity contribution in [3.05, 3.63) is 28.2 Å². The van der Waals surface area contributed by atoms with Crippen molar-refractivity contribution in [3.63, 3.8) is 0 Å². The van der Waals surface area contributed by atoms with Gasteiger partial charge in [-0.05, 0) is 42.5 Å². The molecule has 0 aromatic heterocycles. The van der Waals surface area contributed by atoms with Crippen LogP contribution in [-0.4, -0.2) is 19.6 Å². The van der Waals surface area contributed by atoms with E-state index in [0.717, 1.165) is 24.9 Å².